The molecule has 0 bridgehead atoms. The first-order valence-corrected chi connectivity index (χ1v) is 8.47. The van der Waals surface area contributed by atoms with Crippen LogP contribution in [-0.4, -0.2) is 101 Å². The Bertz CT molecular complexity index is 461. The average Bonchev–Trinajstić information content (AvgIpc) is 2.31. The summed E-state index contributed by atoms with van der Waals surface area (Å²) >= 11 is 22.6. The van der Waals surface area contributed by atoms with Gasteiger partial charge in [0.05, 0.1) is 31.4 Å². The molecule has 0 aromatic heterocycles. The molecule has 13 N–H and O–H groups in total. The number of Topliss-reactive ketones (excluding diaryl/α,β-unsaturated/α-hetero) is 1. The topological polar surface area (TPSA) is 313 Å². The minimum Gasteiger partial charge on any atom is -0.719 e. The number of ketones is 1. The monoisotopic (exact) mass is 976 g/mol. The number of nitrogens with two attached hydrogens (primary N) is 6. The molecule has 0 heterocycles. The molecule has 0 unspecified atom stereocenters. The predicted molar refractivity (Wildman–Crippen MR) is 136 cm³/mol. The predicted octanol–water partition coefficient (Wildman–Crippen LogP) is -3.04. The summed E-state index contributed by atoms with van der Waals surface area (Å²) in [7, 11) is 0. The van der Waals surface area contributed by atoms with E-state index in [1.165, 1.54) is 6.92 Å². The first-order valence-electron chi connectivity index (χ1n) is 6.02. The average molecular weight is 977 g/mol. The summed E-state index contributed by atoms with van der Waals surface area (Å²) < 4.78 is 0. The molecule has 0 aromatic carbocycles. The van der Waals surface area contributed by atoms with Gasteiger partial charge in [0.1, 0.15) is 12.2 Å². The number of carbonyl (C=O) groups is 8. The van der Waals surface area contributed by atoms with Gasteiger partial charge in [-0.05, 0) is 6.92 Å². The molecule has 188 valence electrons. The quantitative estimate of drug-likeness (QED) is 0.0822. The smallest absolute Gasteiger partial charge is 0.719 e. The van der Waals surface area contributed by atoms with Crippen molar-refractivity contribution in [2.45, 2.75) is 13.3 Å². The van der Waals surface area contributed by atoms with E-state index >= 15 is 0 Å². The third kappa shape index (κ3) is 2820. The fourth-order valence-electron chi connectivity index (χ4n) is 0.213. The Kier molecular flexibility index (Phi) is 85.4. The van der Waals surface area contributed by atoms with Crippen LogP contribution in [0.25, 0.3) is 0 Å². The molecule has 0 rings (SSSR count). The maximum absolute atomic E-state index is 9.87. The summed E-state index contributed by atoms with van der Waals surface area (Å²) in [6, 6.07) is 0. The van der Waals surface area contributed by atoms with Gasteiger partial charge in [0.15, 0.2) is 0 Å². The van der Waals surface area contributed by atoms with Gasteiger partial charge in [0.2, 0.25) is 0 Å². The van der Waals surface area contributed by atoms with Gasteiger partial charge in [0.25, 0.3) is 0 Å². The zero-order valence-corrected chi connectivity index (χ0v) is 28.1. The molecule has 23 heteroatoms. The largest absolute Gasteiger partial charge is 3.00 e. The maximum Gasteiger partial charge on any atom is 3.00 e. The Labute approximate surface area is 260 Å². The van der Waals surface area contributed by atoms with Crippen LogP contribution in [0.2, 0.25) is 0 Å². The SMILES string of the molecule is CC(=O)CC(=O)O.NC(=O)[S-].NC(=O)[S-].NC(=O)[S-].NC(=O)[S-].NC(=O)[S-].NC(=O)[S-].[Bi+3].[Bi+3]. The van der Waals surface area contributed by atoms with Crippen molar-refractivity contribution in [3.63, 3.8) is 0 Å². The molecule has 0 atom stereocenters. The van der Waals surface area contributed by atoms with Gasteiger partial charge >= 0.3 is 58.4 Å². The molecule has 33 heavy (non-hydrogen) atoms. The molecule has 0 saturated carbocycles. The molecule has 0 aliphatic carbocycles. The van der Waals surface area contributed by atoms with Crippen LogP contribution < -0.4 is 34.4 Å². The summed E-state index contributed by atoms with van der Waals surface area (Å²) in [5.74, 6) is -1.37. The Balaban J connectivity index is -0.0000000292. The summed E-state index contributed by atoms with van der Waals surface area (Å²) in [4.78, 5) is 73.7. The fourth-order valence-corrected chi connectivity index (χ4v) is 0.213. The summed E-state index contributed by atoms with van der Waals surface area (Å²) in [5.41, 5.74) is 25.7. The molecular formula is C10H18Bi2N6O9S6. The molecule has 0 aliphatic rings. The van der Waals surface area contributed by atoms with E-state index in [-0.39, 0.29) is 64.6 Å². The summed E-state index contributed by atoms with van der Waals surface area (Å²) in [5, 5.41) is 3.36. The van der Waals surface area contributed by atoms with Crippen LogP contribution in [-0.2, 0) is 85.4 Å². The number of carboxylic acid groups (broad SMARTS) is 1. The third-order valence-electron chi connectivity index (χ3n) is 0.400. The molecule has 15 nitrogen and oxygen atoms in total. The van der Waals surface area contributed by atoms with E-state index in [2.05, 4.69) is 110 Å². The fraction of sp³-hybridized carbons (Fsp3) is 0.200. The molecule has 4 radical (unpaired) electrons. The van der Waals surface area contributed by atoms with E-state index in [4.69, 9.17) is 33.9 Å². The van der Waals surface area contributed by atoms with Crippen molar-refractivity contribution < 1.29 is 43.5 Å². The normalized spacial score (nSPS) is 6.09. The number of primary amides is 6. The van der Waals surface area contributed by atoms with Crippen LogP contribution in [0.4, 0.5) is 28.8 Å². The van der Waals surface area contributed by atoms with Crippen molar-refractivity contribution >= 4 is 171 Å². The van der Waals surface area contributed by atoms with E-state index in [0.717, 1.165) is 0 Å². The first-order chi connectivity index (χ1) is 13.5. The Morgan fingerprint density at radius 2 is 0.606 bits per heavy atom. The van der Waals surface area contributed by atoms with Gasteiger partial charge in [-0.25, -0.2) is 0 Å². The van der Waals surface area contributed by atoms with Gasteiger partial charge < -0.3 is 144 Å². The molecule has 0 fully saturated rings. The molecule has 0 spiro atoms. The van der Waals surface area contributed by atoms with E-state index in [0.29, 0.717) is 0 Å². The number of carbonyl (C=O) groups excluding carboxylic acids is 7. The first kappa shape index (κ1) is 58.2. The van der Waals surface area contributed by atoms with E-state index in [1.54, 1.807) is 0 Å². The molecule has 0 aromatic rings. The van der Waals surface area contributed by atoms with Gasteiger partial charge in [-0.2, -0.15) is 0 Å². The molecular weight excluding hydrogens is 959 g/mol. The van der Waals surface area contributed by atoms with E-state index in [9.17, 15) is 9.59 Å². The second-order valence-electron chi connectivity index (χ2n) is 3.19. The van der Waals surface area contributed by atoms with Crippen LogP contribution in [0.1, 0.15) is 13.3 Å². The number of rotatable bonds is 2. The summed E-state index contributed by atoms with van der Waals surface area (Å²) in [6.45, 7) is 1.24. The second kappa shape index (κ2) is 48.5. The van der Waals surface area contributed by atoms with Gasteiger partial charge in [0, 0.05) is 0 Å². The van der Waals surface area contributed by atoms with Crippen molar-refractivity contribution in [2.75, 3.05) is 0 Å². The van der Waals surface area contributed by atoms with Crippen molar-refractivity contribution in [1.29, 1.82) is 0 Å². The summed E-state index contributed by atoms with van der Waals surface area (Å²) in [6.07, 6.45) is -0.361. The molecule has 0 saturated heterocycles. The maximum atomic E-state index is 9.87. The number of aliphatic carboxylic acids is 1. The Hall–Kier alpha value is -0.954. The zero-order valence-electron chi connectivity index (χ0n) is 16.2. The zero-order chi connectivity index (χ0) is 27.3. The Morgan fingerprint density at radius 1 is 0.515 bits per heavy atom. The van der Waals surface area contributed by atoms with Gasteiger partial charge in [-0.3, -0.25) is 9.59 Å². The van der Waals surface area contributed by atoms with Crippen LogP contribution in [0.3, 0.4) is 0 Å². The van der Waals surface area contributed by atoms with Gasteiger partial charge in [-0.15, -0.1) is 0 Å². The van der Waals surface area contributed by atoms with Crippen molar-refractivity contribution in [3.8, 4) is 0 Å². The molecule has 6 amide bonds. The standard InChI is InChI=1S/C4H6O3.6CH3NOS.2Bi/c1-3(5)2-4(6)7;6*2-1(3)4;;/h2H2,1H3,(H,6,7);6*(H3,2,3,4);;/q;;;;;;;2*+3/p-6. The Morgan fingerprint density at radius 3 is 0.606 bits per heavy atom. The number of amides is 6. The van der Waals surface area contributed by atoms with Crippen molar-refractivity contribution in [2.24, 2.45) is 34.4 Å². The number of hydrogen-bond donors (Lipinski definition) is 7. The van der Waals surface area contributed by atoms with Gasteiger partial charge in [-0.1, -0.05) is 0 Å². The number of hydrogen-bond acceptors (Lipinski definition) is 14. The third-order valence-corrected chi connectivity index (χ3v) is 0.400. The van der Waals surface area contributed by atoms with E-state index in [1.807, 2.05) is 0 Å². The van der Waals surface area contributed by atoms with Crippen LogP contribution in [0.5, 0.6) is 0 Å². The second-order valence-corrected chi connectivity index (χ2v) is 5.60. The van der Waals surface area contributed by atoms with Crippen LogP contribution in [0, 0.1) is 0 Å². The van der Waals surface area contributed by atoms with Crippen LogP contribution >= 0.6 is 0 Å². The van der Waals surface area contributed by atoms with E-state index < -0.39 is 37.4 Å². The molecule has 0 aliphatic heterocycles. The number of carboxylic acids is 1. The minimum atomic E-state index is -1.06. The van der Waals surface area contributed by atoms with Crippen molar-refractivity contribution in [1.82, 2.24) is 0 Å². The van der Waals surface area contributed by atoms with Crippen molar-refractivity contribution in [3.05, 3.63) is 0 Å². The minimum absolute atomic E-state index is 0. The van der Waals surface area contributed by atoms with Crippen LogP contribution in [0.15, 0.2) is 0 Å².